The van der Waals surface area contributed by atoms with E-state index in [1.807, 2.05) is 12.1 Å². The molecule has 0 saturated carbocycles. The summed E-state index contributed by atoms with van der Waals surface area (Å²) in [7, 11) is 0. The van der Waals surface area contributed by atoms with Crippen molar-refractivity contribution in [3.63, 3.8) is 0 Å². The molecule has 7 heteroatoms. The highest BCUT2D eigenvalue weighted by Crippen LogP contribution is 2.28. The summed E-state index contributed by atoms with van der Waals surface area (Å²) in [4.78, 5) is 40.4. The molecule has 0 aliphatic carbocycles. The van der Waals surface area contributed by atoms with Gasteiger partial charge in [-0.05, 0) is 42.1 Å². The molecule has 0 aromatic heterocycles. The molecule has 1 aromatic rings. The lowest BCUT2D eigenvalue weighted by Crippen LogP contribution is -2.52. The lowest BCUT2D eigenvalue weighted by molar-refractivity contribution is -0.136. The second-order valence-corrected chi connectivity index (χ2v) is 8.56. The van der Waals surface area contributed by atoms with Crippen LogP contribution in [0, 0.1) is 5.41 Å². The molecule has 0 radical (unpaired) electrons. The van der Waals surface area contributed by atoms with E-state index < -0.39 is 6.04 Å². The summed E-state index contributed by atoms with van der Waals surface area (Å²) >= 11 is 0. The van der Waals surface area contributed by atoms with Crippen LogP contribution in [0.4, 0.5) is 0 Å². The number of piperidine rings is 1. The van der Waals surface area contributed by atoms with Crippen molar-refractivity contribution in [3.8, 4) is 0 Å². The van der Waals surface area contributed by atoms with E-state index >= 15 is 0 Å². The summed E-state index contributed by atoms with van der Waals surface area (Å²) in [6.45, 7) is 9.99. The maximum absolute atomic E-state index is 12.9. The van der Waals surface area contributed by atoms with Gasteiger partial charge in [0, 0.05) is 31.6 Å². The fourth-order valence-electron chi connectivity index (χ4n) is 3.91. The number of nitrogens with zero attached hydrogens (tertiary/aromatic N) is 2. The molecular weight excluding hydrogens is 356 g/mol. The van der Waals surface area contributed by atoms with Gasteiger partial charge in [0.05, 0.1) is 0 Å². The third-order valence-electron chi connectivity index (χ3n) is 5.65. The number of hydrogen-bond acceptors (Lipinski definition) is 5. The van der Waals surface area contributed by atoms with Crippen molar-refractivity contribution in [2.24, 2.45) is 11.1 Å². The fraction of sp³-hybridized carbons (Fsp3) is 0.571. The molecule has 3 N–H and O–H groups in total. The molecule has 2 aliphatic heterocycles. The first-order valence-corrected chi connectivity index (χ1v) is 9.93. The number of rotatable bonds is 7. The van der Waals surface area contributed by atoms with E-state index in [1.54, 1.807) is 4.90 Å². The zero-order valence-corrected chi connectivity index (χ0v) is 17.0. The number of imide groups is 1. The minimum atomic E-state index is -0.571. The molecule has 152 valence electrons. The van der Waals surface area contributed by atoms with E-state index in [0.29, 0.717) is 25.1 Å². The van der Waals surface area contributed by atoms with Crippen molar-refractivity contribution in [2.75, 3.05) is 19.6 Å². The molecule has 1 unspecified atom stereocenters. The van der Waals surface area contributed by atoms with E-state index in [9.17, 15) is 14.4 Å². The standard InChI is InChI=1S/C21H30N4O3/c1-4-24(13-21(2,3)12-22)10-14-5-6-15-11-25(20(28)16(15)9-14)17-7-8-18(26)23-19(17)27/h5-6,9,17H,4,7-8,10-13,22H2,1-3H3,(H,23,26,27). The van der Waals surface area contributed by atoms with E-state index in [2.05, 4.69) is 37.1 Å². The van der Waals surface area contributed by atoms with Gasteiger partial charge < -0.3 is 10.6 Å². The van der Waals surface area contributed by atoms with Crippen LogP contribution in [0.3, 0.4) is 0 Å². The second kappa shape index (κ2) is 8.01. The molecule has 1 aromatic carbocycles. The molecule has 3 amide bonds. The average Bonchev–Trinajstić information content (AvgIpc) is 2.97. The van der Waals surface area contributed by atoms with Gasteiger partial charge >= 0.3 is 0 Å². The fourth-order valence-corrected chi connectivity index (χ4v) is 3.91. The van der Waals surface area contributed by atoms with Gasteiger partial charge in [0.25, 0.3) is 5.91 Å². The topological polar surface area (TPSA) is 95.7 Å². The van der Waals surface area contributed by atoms with Gasteiger partial charge in [-0.3, -0.25) is 24.6 Å². The van der Waals surface area contributed by atoms with Gasteiger partial charge in [-0.15, -0.1) is 0 Å². The first-order valence-electron chi connectivity index (χ1n) is 9.93. The van der Waals surface area contributed by atoms with Crippen molar-refractivity contribution in [1.29, 1.82) is 0 Å². The van der Waals surface area contributed by atoms with Crippen molar-refractivity contribution >= 4 is 17.7 Å². The summed E-state index contributed by atoms with van der Waals surface area (Å²) in [5.74, 6) is -0.775. The van der Waals surface area contributed by atoms with Gasteiger partial charge in [-0.25, -0.2) is 0 Å². The Morgan fingerprint density at radius 1 is 1.29 bits per heavy atom. The number of fused-ring (bicyclic) bond motifs is 1. The van der Waals surface area contributed by atoms with Crippen molar-refractivity contribution < 1.29 is 14.4 Å². The summed E-state index contributed by atoms with van der Waals surface area (Å²) in [6, 6.07) is 5.41. The van der Waals surface area contributed by atoms with Crippen LogP contribution >= 0.6 is 0 Å². The monoisotopic (exact) mass is 386 g/mol. The quantitative estimate of drug-likeness (QED) is 0.688. The van der Waals surface area contributed by atoms with E-state index in [1.165, 1.54) is 0 Å². The summed E-state index contributed by atoms with van der Waals surface area (Å²) in [5.41, 5.74) is 8.58. The first-order chi connectivity index (χ1) is 13.2. The maximum atomic E-state index is 12.9. The molecule has 1 atom stereocenters. The second-order valence-electron chi connectivity index (χ2n) is 8.56. The third-order valence-corrected chi connectivity index (χ3v) is 5.65. The van der Waals surface area contributed by atoms with Crippen LogP contribution in [0.25, 0.3) is 0 Å². The highest BCUT2D eigenvalue weighted by Gasteiger charge is 2.39. The van der Waals surface area contributed by atoms with Crippen LogP contribution in [0.1, 0.15) is 55.1 Å². The van der Waals surface area contributed by atoms with Crippen LogP contribution in [0.5, 0.6) is 0 Å². The van der Waals surface area contributed by atoms with Gasteiger partial charge in [0.2, 0.25) is 11.8 Å². The molecule has 0 bridgehead atoms. The zero-order chi connectivity index (χ0) is 20.5. The van der Waals surface area contributed by atoms with Crippen molar-refractivity contribution in [2.45, 2.75) is 52.7 Å². The highest BCUT2D eigenvalue weighted by molar-refractivity contribution is 6.05. The number of nitrogens with two attached hydrogens (primary N) is 1. The summed E-state index contributed by atoms with van der Waals surface area (Å²) < 4.78 is 0. The van der Waals surface area contributed by atoms with Gasteiger partial charge in [-0.2, -0.15) is 0 Å². The Kier molecular flexibility index (Phi) is 5.86. The predicted octanol–water partition coefficient (Wildman–Crippen LogP) is 1.25. The largest absolute Gasteiger partial charge is 0.330 e. The van der Waals surface area contributed by atoms with Crippen LogP contribution in [0.2, 0.25) is 0 Å². The molecule has 28 heavy (non-hydrogen) atoms. The molecule has 3 rings (SSSR count). The Bertz CT molecular complexity index is 790. The van der Waals surface area contributed by atoms with Gasteiger partial charge in [-0.1, -0.05) is 32.9 Å². The zero-order valence-electron chi connectivity index (χ0n) is 17.0. The Morgan fingerprint density at radius 2 is 2.04 bits per heavy atom. The lowest BCUT2D eigenvalue weighted by Gasteiger charge is -2.31. The lowest BCUT2D eigenvalue weighted by atomic mass is 9.93. The number of carbonyl (C=O) groups is 3. The molecule has 2 heterocycles. The minimum Gasteiger partial charge on any atom is -0.330 e. The number of hydrogen-bond donors (Lipinski definition) is 2. The Balaban J connectivity index is 1.73. The van der Waals surface area contributed by atoms with Crippen molar-refractivity contribution in [1.82, 2.24) is 15.1 Å². The van der Waals surface area contributed by atoms with Gasteiger partial charge in [0.1, 0.15) is 6.04 Å². The molecule has 1 saturated heterocycles. The molecular formula is C21H30N4O3. The first kappa shape index (κ1) is 20.5. The average molecular weight is 386 g/mol. The maximum Gasteiger partial charge on any atom is 0.255 e. The van der Waals surface area contributed by atoms with Crippen LogP contribution < -0.4 is 11.1 Å². The molecule has 2 aliphatic rings. The smallest absolute Gasteiger partial charge is 0.255 e. The van der Waals surface area contributed by atoms with Crippen LogP contribution in [-0.4, -0.2) is 53.2 Å². The summed E-state index contributed by atoms with van der Waals surface area (Å²) in [5, 5.41) is 2.34. The highest BCUT2D eigenvalue weighted by atomic mass is 16.2. The molecule has 1 fully saturated rings. The number of benzene rings is 1. The van der Waals surface area contributed by atoms with Crippen molar-refractivity contribution in [3.05, 3.63) is 34.9 Å². The normalized spacial score (nSPS) is 20.0. The number of carbonyl (C=O) groups excluding carboxylic acids is 3. The number of nitrogens with one attached hydrogen (secondary N) is 1. The number of amides is 3. The Morgan fingerprint density at radius 3 is 2.68 bits per heavy atom. The third kappa shape index (κ3) is 4.25. The predicted molar refractivity (Wildman–Crippen MR) is 106 cm³/mol. The van der Waals surface area contributed by atoms with E-state index in [4.69, 9.17) is 5.73 Å². The van der Waals surface area contributed by atoms with Crippen LogP contribution in [0.15, 0.2) is 18.2 Å². The molecule has 7 nitrogen and oxygen atoms in total. The summed E-state index contributed by atoms with van der Waals surface area (Å²) in [6.07, 6.45) is 0.652. The Labute approximate surface area is 166 Å². The SMILES string of the molecule is CCN(Cc1ccc2c(c1)C(=O)N(C1CCC(=O)NC1=O)C2)CC(C)(C)CN. The van der Waals surface area contributed by atoms with Crippen LogP contribution in [-0.2, 0) is 22.7 Å². The molecule has 0 spiro atoms. The van der Waals surface area contributed by atoms with E-state index in [-0.39, 0.29) is 29.6 Å². The van der Waals surface area contributed by atoms with E-state index in [0.717, 1.165) is 30.8 Å². The Hall–Kier alpha value is -2.25. The van der Waals surface area contributed by atoms with Gasteiger partial charge in [0.15, 0.2) is 0 Å². The minimum absolute atomic E-state index is 0.0329.